The van der Waals surface area contributed by atoms with Gasteiger partial charge in [-0.2, -0.15) is 0 Å². The largest absolute Gasteiger partial charge is 0.463 e. The van der Waals surface area contributed by atoms with Gasteiger partial charge in [0.2, 0.25) is 0 Å². The van der Waals surface area contributed by atoms with E-state index >= 15 is 0 Å². The van der Waals surface area contributed by atoms with Gasteiger partial charge in [-0.3, -0.25) is 0 Å². The SMILES string of the molecule is C=C(CN(OC(=O)C(C)(C)C)C(C)c1ccccc1)C(=O)OCC. The second-order valence-corrected chi connectivity index (χ2v) is 6.61. The number of rotatable bonds is 7. The topological polar surface area (TPSA) is 55.8 Å². The van der Waals surface area contributed by atoms with E-state index in [1.807, 2.05) is 37.3 Å². The molecule has 0 saturated carbocycles. The summed E-state index contributed by atoms with van der Waals surface area (Å²) in [4.78, 5) is 29.7. The number of benzene rings is 1. The number of ether oxygens (including phenoxy) is 1. The van der Waals surface area contributed by atoms with Crippen molar-refractivity contribution in [1.29, 1.82) is 0 Å². The summed E-state index contributed by atoms with van der Waals surface area (Å²) < 4.78 is 4.96. The lowest BCUT2D eigenvalue weighted by Gasteiger charge is -2.30. The fraction of sp³-hybridized carbons (Fsp3) is 0.474. The van der Waals surface area contributed by atoms with Crippen LogP contribution >= 0.6 is 0 Å². The molecule has 1 unspecified atom stereocenters. The first kappa shape index (κ1) is 19.9. The molecule has 0 aliphatic rings. The van der Waals surface area contributed by atoms with Crippen LogP contribution in [-0.4, -0.2) is 30.2 Å². The maximum absolute atomic E-state index is 12.3. The zero-order chi connectivity index (χ0) is 18.3. The summed E-state index contributed by atoms with van der Waals surface area (Å²) in [6, 6.07) is 9.39. The summed E-state index contributed by atoms with van der Waals surface area (Å²) in [6.07, 6.45) is 0. The Morgan fingerprint density at radius 2 is 1.79 bits per heavy atom. The fourth-order valence-electron chi connectivity index (χ4n) is 1.88. The van der Waals surface area contributed by atoms with Gasteiger partial charge in [-0.05, 0) is 40.2 Å². The summed E-state index contributed by atoms with van der Waals surface area (Å²) in [6.45, 7) is 13.1. The van der Waals surface area contributed by atoms with E-state index in [9.17, 15) is 9.59 Å². The highest BCUT2D eigenvalue weighted by Gasteiger charge is 2.29. The molecule has 0 radical (unpaired) electrons. The first-order chi connectivity index (χ1) is 11.2. The third-order valence-corrected chi connectivity index (χ3v) is 3.44. The number of hydrogen-bond acceptors (Lipinski definition) is 5. The molecule has 5 heteroatoms. The van der Waals surface area contributed by atoms with Crippen molar-refractivity contribution in [3.05, 3.63) is 48.0 Å². The molecule has 0 fully saturated rings. The van der Waals surface area contributed by atoms with Crippen molar-refractivity contribution in [2.24, 2.45) is 5.41 Å². The maximum Gasteiger partial charge on any atom is 0.334 e. The number of carbonyl (C=O) groups excluding carboxylic acids is 2. The van der Waals surface area contributed by atoms with Crippen LogP contribution in [-0.2, 0) is 19.2 Å². The van der Waals surface area contributed by atoms with Crippen molar-refractivity contribution >= 4 is 11.9 Å². The molecule has 0 saturated heterocycles. The Bertz CT molecular complexity index is 575. The van der Waals surface area contributed by atoms with Gasteiger partial charge in [-0.15, -0.1) is 5.06 Å². The van der Waals surface area contributed by atoms with Crippen LogP contribution in [0, 0.1) is 5.41 Å². The highest BCUT2D eigenvalue weighted by atomic mass is 16.7. The van der Waals surface area contributed by atoms with E-state index in [1.165, 1.54) is 5.06 Å². The maximum atomic E-state index is 12.3. The van der Waals surface area contributed by atoms with Crippen molar-refractivity contribution < 1.29 is 19.2 Å². The molecule has 1 aromatic rings. The molecule has 0 bridgehead atoms. The third kappa shape index (κ3) is 5.81. The lowest BCUT2D eigenvalue weighted by Crippen LogP contribution is -2.37. The predicted octanol–water partition coefficient (Wildman–Crippen LogP) is 3.67. The van der Waals surface area contributed by atoms with E-state index in [0.29, 0.717) is 0 Å². The number of nitrogens with zero attached hydrogens (tertiary/aromatic N) is 1. The number of hydroxylamine groups is 2. The molecule has 0 N–H and O–H groups in total. The van der Waals surface area contributed by atoms with Gasteiger partial charge in [-0.1, -0.05) is 36.9 Å². The molecular formula is C19H27NO4. The Labute approximate surface area is 144 Å². The van der Waals surface area contributed by atoms with Crippen molar-refractivity contribution in [2.75, 3.05) is 13.2 Å². The Morgan fingerprint density at radius 3 is 2.29 bits per heavy atom. The Morgan fingerprint density at radius 1 is 1.21 bits per heavy atom. The Kier molecular flexibility index (Phi) is 7.17. The van der Waals surface area contributed by atoms with Gasteiger partial charge >= 0.3 is 11.9 Å². The molecular weight excluding hydrogens is 306 g/mol. The van der Waals surface area contributed by atoms with Crippen LogP contribution in [0.15, 0.2) is 42.5 Å². The van der Waals surface area contributed by atoms with Crippen molar-refractivity contribution in [3.8, 4) is 0 Å². The van der Waals surface area contributed by atoms with E-state index in [-0.39, 0.29) is 30.7 Å². The molecule has 24 heavy (non-hydrogen) atoms. The van der Waals surface area contributed by atoms with Gasteiger partial charge in [0.15, 0.2) is 0 Å². The fourth-order valence-corrected chi connectivity index (χ4v) is 1.88. The smallest absolute Gasteiger partial charge is 0.334 e. The molecule has 1 atom stereocenters. The van der Waals surface area contributed by atoms with E-state index in [4.69, 9.17) is 9.57 Å². The van der Waals surface area contributed by atoms with Crippen LogP contribution in [0.3, 0.4) is 0 Å². The predicted molar refractivity (Wildman–Crippen MR) is 92.9 cm³/mol. The molecule has 1 rings (SSSR count). The zero-order valence-corrected chi connectivity index (χ0v) is 15.2. The number of hydrogen-bond donors (Lipinski definition) is 0. The minimum atomic E-state index is -0.653. The van der Waals surface area contributed by atoms with E-state index in [1.54, 1.807) is 27.7 Å². The summed E-state index contributed by atoms with van der Waals surface area (Å²) in [5.74, 6) is -0.864. The Hall–Kier alpha value is -2.14. The summed E-state index contributed by atoms with van der Waals surface area (Å²) in [5.41, 5.74) is 0.553. The molecule has 5 nitrogen and oxygen atoms in total. The van der Waals surface area contributed by atoms with Gasteiger partial charge in [0.1, 0.15) is 0 Å². The van der Waals surface area contributed by atoms with E-state index < -0.39 is 11.4 Å². The monoisotopic (exact) mass is 333 g/mol. The molecule has 1 aromatic carbocycles. The quantitative estimate of drug-likeness (QED) is 0.433. The van der Waals surface area contributed by atoms with Crippen LogP contribution in [0.4, 0.5) is 0 Å². The van der Waals surface area contributed by atoms with Gasteiger partial charge in [0, 0.05) is 5.57 Å². The molecule has 0 heterocycles. The number of esters is 1. The molecule has 0 aromatic heterocycles. The first-order valence-electron chi connectivity index (χ1n) is 8.05. The van der Waals surface area contributed by atoms with Gasteiger partial charge in [0.05, 0.1) is 24.6 Å². The molecule has 0 amide bonds. The lowest BCUT2D eigenvalue weighted by molar-refractivity contribution is -0.209. The molecule has 132 valence electrons. The molecule has 0 aliphatic carbocycles. The average molecular weight is 333 g/mol. The van der Waals surface area contributed by atoms with Crippen molar-refractivity contribution in [3.63, 3.8) is 0 Å². The highest BCUT2D eigenvalue weighted by Crippen LogP contribution is 2.24. The van der Waals surface area contributed by atoms with Crippen LogP contribution in [0.5, 0.6) is 0 Å². The Balaban J connectivity index is 2.96. The van der Waals surface area contributed by atoms with E-state index in [2.05, 4.69) is 6.58 Å². The van der Waals surface area contributed by atoms with Crippen LogP contribution < -0.4 is 0 Å². The van der Waals surface area contributed by atoms with Gasteiger partial charge in [0.25, 0.3) is 0 Å². The first-order valence-corrected chi connectivity index (χ1v) is 8.05. The summed E-state index contributed by atoms with van der Waals surface area (Å²) >= 11 is 0. The second-order valence-electron chi connectivity index (χ2n) is 6.61. The highest BCUT2D eigenvalue weighted by molar-refractivity contribution is 5.88. The third-order valence-electron chi connectivity index (χ3n) is 3.44. The van der Waals surface area contributed by atoms with E-state index in [0.717, 1.165) is 5.56 Å². The standard InChI is InChI=1S/C19H27NO4/c1-7-23-17(21)14(2)13-20(24-18(22)19(4,5)6)15(3)16-11-9-8-10-12-16/h8-12,15H,2,7,13H2,1,3-6H3. The minimum absolute atomic E-state index is 0.0801. The van der Waals surface area contributed by atoms with Crippen LogP contribution in [0.25, 0.3) is 0 Å². The van der Waals surface area contributed by atoms with Crippen molar-refractivity contribution in [2.45, 2.75) is 40.7 Å². The van der Waals surface area contributed by atoms with Crippen LogP contribution in [0.2, 0.25) is 0 Å². The van der Waals surface area contributed by atoms with Crippen LogP contribution in [0.1, 0.15) is 46.2 Å². The lowest BCUT2D eigenvalue weighted by atomic mass is 9.98. The number of carbonyl (C=O) groups is 2. The average Bonchev–Trinajstić information content (AvgIpc) is 2.53. The minimum Gasteiger partial charge on any atom is -0.463 e. The zero-order valence-electron chi connectivity index (χ0n) is 15.2. The van der Waals surface area contributed by atoms with Crippen molar-refractivity contribution in [1.82, 2.24) is 5.06 Å². The van der Waals surface area contributed by atoms with Gasteiger partial charge < -0.3 is 9.57 Å². The van der Waals surface area contributed by atoms with Gasteiger partial charge in [-0.25, -0.2) is 9.59 Å². The second kappa shape index (κ2) is 8.64. The molecule has 0 spiro atoms. The normalized spacial score (nSPS) is 12.6. The summed E-state index contributed by atoms with van der Waals surface area (Å²) in [5, 5.41) is 1.47. The molecule has 0 aliphatic heterocycles. The summed E-state index contributed by atoms with van der Waals surface area (Å²) in [7, 11) is 0.